The van der Waals surface area contributed by atoms with E-state index in [-0.39, 0.29) is 17.8 Å². The van der Waals surface area contributed by atoms with E-state index in [1.54, 1.807) is 12.1 Å². The highest BCUT2D eigenvalue weighted by Gasteiger charge is 2.14. The van der Waals surface area contributed by atoms with Crippen molar-refractivity contribution in [1.29, 1.82) is 0 Å². The summed E-state index contributed by atoms with van der Waals surface area (Å²) >= 11 is 0. The molecule has 3 rings (SSSR count). The molecular weight excluding hydrogens is 338 g/mol. The zero-order valence-corrected chi connectivity index (χ0v) is 14.6. The fraction of sp³-hybridized carbons (Fsp3) is 0.389. The summed E-state index contributed by atoms with van der Waals surface area (Å²) in [5.41, 5.74) is 0.473. The van der Waals surface area contributed by atoms with Crippen molar-refractivity contribution < 1.29 is 18.7 Å². The third-order valence-corrected chi connectivity index (χ3v) is 3.85. The number of hydrogen-bond donors (Lipinski definition) is 1. The van der Waals surface area contributed by atoms with Gasteiger partial charge in [0.15, 0.2) is 6.61 Å². The van der Waals surface area contributed by atoms with Crippen LogP contribution in [-0.4, -0.2) is 48.7 Å². The van der Waals surface area contributed by atoms with Crippen LogP contribution in [0.1, 0.15) is 11.5 Å². The molecule has 1 saturated heterocycles. The summed E-state index contributed by atoms with van der Waals surface area (Å²) in [5.74, 6) is 0.590. The van der Waals surface area contributed by atoms with Crippen LogP contribution >= 0.6 is 0 Å². The van der Waals surface area contributed by atoms with E-state index in [0.717, 1.165) is 18.8 Å². The zero-order valence-electron chi connectivity index (χ0n) is 14.6. The van der Waals surface area contributed by atoms with Gasteiger partial charge < -0.3 is 19.2 Å². The van der Waals surface area contributed by atoms with Crippen LogP contribution < -0.4 is 15.5 Å². The molecule has 0 radical (unpaired) electrons. The molecule has 0 aromatic carbocycles. The molecule has 2 aromatic rings. The normalized spacial score (nSPS) is 14.8. The second-order valence-corrected chi connectivity index (χ2v) is 5.96. The number of anilines is 1. The number of pyridine rings is 1. The van der Waals surface area contributed by atoms with Gasteiger partial charge in [-0.1, -0.05) is 6.07 Å². The molecule has 3 heterocycles. The van der Waals surface area contributed by atoms with Gasteiger partial charge in [0.1, 0.15) is 17.8 Å². The average molecular weight is 359 g/mol. The van der Waals surface area contributed by atoms with Crippen molar-refractivity contribution in [3.05, 3.63) is 52.2 Å². The second kappa shape index (κ2) is 8.59. The number of aryl methyl sites for hydroxylation is 1. The Balaban J connectivity index is 1.53. The lowest BCUT2D eigenvalue weighted by Gasteiger charge is -2.25. The van der Waals surface area contributed by atoms with Crippen LogP contribution in [0.3, 0.4) is 0 Å². The fourth-order valence-corrected chi connectivity index (χ4v) is 2.54. The van der Waals surface area contributed by atoms with E-state index in [0.29, 0.717) is 31.3 Å². The van der Waals surface area contributed by atoms with Gasteiger partial charge in [-0.05, 0) is 19.1 Å². The molecule has 2 aromatic heterocycles. The van der Waals surface area contributed by atoms with E-state index in [1.807, 2.05) is 13.0 Å². The Morgan fingerprint density at radius 2 is 2.15 bits per heavy atom. The lowest BCUT2D eigenvalue weighted by molar-refractivity contribution is -0.118. The van der Waals surface area contributed by atoms with Crippen LogP contribution in [0.2, 0.25) is 0 Å². The van der Waals surface area contributed by atoms with Crippen LogP contribution in [-0.2, 0) is 16.1 Å². The molecule has 0 aliphatic carbocycles. The van der Waals surface area contributed by atoms with Crippen LogP contribution in [0.4, 0.5) is 5.82 Å². The molecular formula is C18H21N3O5. The van der Waals surface area contributed by atoms with E-state index >= 15 is 0 Å². The number of hydrogen-bond acceptors (Lipinski definition) is 7. The van der Waals surface area contributed by atoms with E-state index in [2.05, 4.69) is 15.2 Å². The van der Waals surface area contributed by atoms with Gasteiger partial charge in [0, 0.05) is 24.8 Å². The first kappa shape index (κ1) is 18.1. The van der Waals surface area contributed by atoms with Crippen LogP contribution in [0.5, 0.6) is 5.75 Å². The lowest BCUT2D eigenvalue weighted by Crippen LogP contribution is -2.35. The van der Waals surface area contributed by atoms with Crippen molar-refractivity contribution in [3.63, 3.8) is 0 Å². The van der Waals surface area contributed by atoms with Gasteiger partial charge in [0.05, 0.1) is 19.8 Å². The Kier molecular flexibility index (Phi) is 5.98. The topological polar surface area (TPSA) is 93.9 Å². The second-order valence-electron chi connectivity index (χ2n) is 5.96. The summed E-state index contributed by atoms with van der Waals surface area (Å²) < 4.78 is 16.0. The van der Waals surface area contributed by atoms with Gasteiger partial charge in [-0.15, -0.1) is 0 Å². The summed E-state index contributed by atoms with van der Waals surface area (Å²) in [7, 11) is 0. The molecule has 0 unspecified atom stereocenters. The van der Waals surface area contributed by atoms with Crippen molar-refractivity contribution in [2.75, 3.05) is 38.2 Å². The van der Waals surface area contributed by atoms with Crippen molar-refractivity contribution >= 4 is 11.7 Å². The quantitative estimate of drug-likeness (QED) is 0.828. The highest BCUT2D eigenvalue weighted by atomic mass is 16.5. The van der Waals surface area contributed by atoms with E-state index in [1.165, 1.54) is 12.3 Å². The summed E-state index contributed by atoms with van der Waals surface area (Å²) in [6.45, 7) is 5.02. The number of rotatable bonds is 6. The molecule has 1 aliphatic heterocycles. The Bertz CT molecular complexity index is 814. The first-order valence-corrected chi connectivity index (χ1v) is 8.38. The standard InChI is InChI=1S/C18H21N3O5/c1-13-3-2-4-17(19-13)20-18(23)12-26-16-11-25-14(9-15(16)22)10-21-5-7-24-8-6-21/h2-4,9,11H,5-8,10,12H2,1H3,(H,19,20,23). The molecule has 8 heteroatoms. The SMILES string of the molecule is Cc1cccc(NC(=O)COc2coc(CN3CCOCC3)cc2=O)n1. The molecule has 8 nitrogen and oxygen atoms in total. The maximum Gasteiger partial charge on any atom is 0.263 e. The fourth-order valence-electron chi connectivity index (χ4n) is 2.54. The van der Waals surface area contributed by atoms with Gasteiger partial charge in [-0.3, -0.25) is 14.5 Å². The van der Waals surface area contributed by atoms with Crippen LogP contribution in [0, 0.1) is 6.92 Å². The number of ether oxygens (including phenoxy) is 2. The Morgan fingerprint density at radius 1 is 1.35 bits per heavy atom. The summed E-state index contributed by atoms with van der Waals surface area (Å²) in [5, 5.41) is 2.61. The van der Waals surface area contributed by atoms with Gasteiger partial charge in [0.2, 0.25) is 11.2 Å². The minimum Gasteiger partial charge on any atom is -0.477 e. The van der Waals surface area contributed by atoms with Crippen molar-refractivity contribution in [2.24, 2.45) is 0 Å². The molecule has 1 N–H and O–H groups in total. The van der Waals surface area contributed by atoms with Gasteiger partial charge in [-0.2, -0.15) is 0 Å². The third kappa shape index (κ3) is 5.14. The number of morpholine rings is 1. The maximum absolute atomic E-state index is 12.1. The lowest BCUT2D eigenvalue weighted by atomic mass is 10.3. The number of amides is 1. The minimum atomic E-state index is -0.403. The third-order valence-electron chi connectivity index (χ3n) is 3.85. The molecule has 0 saturated carbocycles. The molecule has 0 atom stereocenters. The summed E-state index contributed by atoms with van der Waals surface area (Å²) in [6.07, 6.45) is 1.25. The van der Waals surface area contributed by atoms with Gasteiger partial charge >= 0.3 is 0 Å². The van der Waals surface area contributed by atoms with Crippen molar-refractivity contribution in [1.82, 2.24) is 9.88 Å². The van der Waals surface area contributed by atoms with E-state index < -0.39 is 5.91 Å². The number of nitrogens with zero attached hydrogens (tertiary/aromatic N) is 2. The molecule has 26 heavy (non-hydrogen) atoms. The monoisotopic (exact) mass is 359 g/mol. The molecule has 1 fully saturated rings. The number of carbonyl (C=O) groups is 1. The van der Waals surface area contributed by atoms with E-state index in [4.69, 9.17) is 13.9 Å². The first-order valence-electron chi connectivity index (χ1n) is 8.38. The largest absolute Gasteiger partial charge is 0.477 e. The molecule has 0 spiro atoms. The van der Waals surface area contributed by atoms with Crippen LogP contribution in [0.25, 0.3) is 0 Å². The molecule has 138 valence electrons. The highest BCUT2D eigenvalue weighted by Crippen LogP contribution is 2.10. The maximum atomic E-state index is 12.1. The Labute approximate surface area is 150 Å². The molecule has 1 amide bonds. The zero-order chi connectivity index (χ0) is 18.4. The first-order chi connectivity index (χ1) is 12.6. The molecule has 1 aliphatic rings. The van der Waals surface area contributed by atoms with E-state index in [9.17, 15) is 9.59 Å². The van der Waals surface area contributed by atoms with Gasteiger partial charge in [0.25, 0.3) is 5.91 Å². The summed E-state index contributed by atoms with van der Waals surface area (Å²) in [4.78, 5) is 30.4. The number of carbonyl (C=O) groups excluding carboxylic acids is 1. The van der Waals surface area contributed by atoms with Crippen molar-refractivity contribution in [2.45, 2.75) is 13.5 Å². The van der Waals surface area contributed by atoms with Crippen LogP contribution in [0.15, 0.2) is 39.7 Å². The number of aromatic nitrogens is 1. The Hall–Kier alpha value is -2.71. The highest BCUT2D eigenvalue weighted by molar-refractivity contribution is 5.90. The van der Waals surface area contributed by atoms with Crippen molar-refractivity contribution in [3.8, 4) is 5.75 Å². The minimum absolute atomic E-state index is 0.00285. The smallest absolute Gasteiger partial charge is 0.263 e. The average Bonchev–Trinajstić information content (AvgIpc) is 2.62. The Morgan fingerprint density at radius 3 is 2.88 bits per heavy atom. The predicted molar refractivity (Wildman–Crippen MR) is 94.2 cm³/mol. The predicted octanol–water partition coefficient (Wildman–Crippen LogP) is 1.19. The van der Waals surface area contributed by atoms with Gasteiger partial charge in [-0.25, -0.2) is 4.98 Å². The molecule has 0 bridgehead atoms. The number of nitrogens with one attached hydrogen (secondary N) is 1. The summed E-state index contributed by atoms with van der Waals surface area (Å²) in [6, 6.07) is 6.70.